The van der Waals surface area contributed by atoms with E-state index in [9.17, 15) is 13.2 Å². The summed E-state index contributed by atoms with van der Waals surface area (Å²) in [7, 11) is -3.59. The van der Waals surface area contributed by atoms with Gasteiger partial charge < -0.3 is 5.32 Å². The van der Waals surface area contributed by atoms with Gasteiger partial charge in [-0.25, -0.2) is 13.1 Å². The van der Waals surface area contributed by atoms with E-state index in [0.29, 0.717) is 5.56 Å². The zero-order chi connectivity index (χ0) is 18.1. The maximum absolute atomic E-state index is 12.0. The van der Waals surface area contributed by atoms with E-state index in [1.807, 2.05) is 30.3 Å². The summed E-state index contributed by atoms with van der Waals surface area (Å²) in [5, 5.41) is 2.67. The van der Waals surface area contributed by atoms with Gasteiger partial charge >= 0.3 is 0 Å². The molecule has 0 saturated heterocycles. The van der Waals surface area contributed by atoms with Crippen LogP contribution in [0.5, 0.6) is 0 Å². The van der Waals surface area contributed by atoms with Gasteiger partial charge in [-0.3, -0.25) is 4.79 Å². The molecule has 0 unspecified atom stereocenters. The summed E-state index contributed by atoms with van der Waals surface area (Å²) < 4.78 is 26.2. The Morgan fingerprint density at radius 2 is 1.76 bits per heavy atom. The fourth-order valence-electron chi connectivity index (χ4n) is 1.93. The second-order valence-electron chi connectivity index (χ2n) is 5.02. The Bertz CT molecular complexity index is 893. The van der Waals surface area contributed by atoms with Crippen molar-refractivity contribution < 1.29 is 13.2 Å². The first-order chi connectivity index (χ1) is 12.0. The summed E-state index contributed by atoms with van der Waals surface area (Å²) >= 11 is 0. The second kappa shape index (κ2) is 8.83. The summed E-state index contributed by atoms with van der Waals surface area (Å²) in [6, 6.07) is 15.1. The van der Waals surface area contributed by atoms with Gasteiger partial charge in [-0.15, -0.1) is 6.58 Å². The number of sulfonamides is 1. The van der Waals surface area contributed by atoms with Gasteiger partial charge in [-0.05, 0) is 36.4 Å². The number of hydrogen-bond acceptors (Lipinski definition) is 3. The molecule has 0 saturated carbocycles. The average molecular weight is 354 g/mol. The molecule has 0 aliphatic carbocycles. The molecule has 0 aliphatic rings. The lowest BCUT2D eigenvalue weighted by atomic mass is 10.2. The van der Waals surface area contributed by atoms with Gasteiger partial charge in [0.05, 0.1) is 11.4 Å². The molecule has 5 nitrogen and oxygen atoms in total. The van der Waals surface area contributed by atoms with E-state index in [0.717, 1.165) is 5.56 Å². The highest BCUT2D eigenvalue weighted by Crippen LogP contribution is 2.10. The summed E-state index contributed by atoms with van der Waals surface area (Å²) in [5.74, 6) is 5.49. The third-order valence-corrected chi connectivity index (χ3v) is 4.63. The summed E-state index contributed by atoms with van der Waals surface area (Å²) in [5.41, 5.74) is 1.24. The number of carbonyl (C=O) groups excluding carboxylic acids is 1. The Hall–Kier alpha value is -2.88. The van der Waals surface area contributed by atoms with Crippen molar-refractivity contribution in [2.45, 2.75) is 4.90 Å². The normalized spacial score (nSPS) is 10.4. The molecule has 2 rings (SSSR count). The topological polar surface area (TPSA) is 75.3 Å². The largest absolute Gasteiger partial charge is 0.341 e. The Kier molecular flexibility index (Phi) is 6.52. The van der Waals surface area contributed by atoms with Gasteiger partial charge in [-0.1, -0.05) is 36.1 Å². The van der Waals surface area contributed by atoms with E-state index in [-0.39, 0.29) is 23.9 Å². The van der Waals surface area contributed by atoms with Crippen LogP contribution in [0.15, 0.2) is 72.1 Å². The highest BCUT2D eigenvalue weighted by molar-refractivity contribution is 7.89. The van der Waals surface area contributed by atoms with Crippen molar-refractivity contribution in [3.05, 3.63) is 78.4 Å². The molecule has 1 amide bonds. The molecule has 25 heavy (non-hydrogen) atoms. The van der Waals surface area contributed by atoms with Crippen LogP contribution >= 0.6 is 0 Å². The van der Waals surface area contributed by atoms with Crippen molar-refractivity contribution in [1.82, 2.24) is 10.0 Å². The minimum absolute atomic E-state index is 0.0924. The third-order valence-electron chi connectivity index (χ3n) is 3.19. The predicted octanol–water partition coefficient (Wildman–Crippen LogP) is 1.93. The highest BCUT2D eigenvalue weighted by atomic mass is 32.2. The van der Waals surface area contributed by atoms with E-state index in [1.54, 1.807) is 0 Å². The van der Waals surface area contributed by atoms with E-state index in [2.05, 4.69) is 28.5 Å². The van der Waals surface area contributed by atoms with Crippen LogP contribution in [-0.4, -0.2) is 27.4 Å². The lowest BCUT2D eigenvalue weighted by molar-refractivity contribution is 0.0958. The highest BCUT2D eigenvalue weighted by Gasteiger charge is 2.13. The molecular formula is C19H18N2O3S. The predicted molar refractivity (Wildman–Crippen MR) is 97.5 cm³/mol. The lowest BCUT2D eigenvalue weighted by Crippen LogP contribution is -2.25. The second-order valence-corrected chi connectivity index (χ2v) is 6.78. The number of carbonyl (C=O) groups is 1. The first-order valence-corrected chi connectivity index (χ1v) is 9.04. The third kappa shape index (κ3) is 5.60. The summed E-state index contributed by atoms with van der Waals surface area (Å²) in [6.45, 7) is 3.81. The lowest BCUT2D eigenvalue weighted by Gasteiger charge is -2.06. The maximum Gasteiger partial charge on any atom is 0.252 e. The monoisotopic (exact) mass is 354 g/mol. The summed E-state index contributed by atoms with van der Waals surface area (Å²) in [6.07, 6.45) is 1.45. The molecule has 0 radical (unpaired) electrons. The van der Waals surface area contributed by atoms with E-state index < -0.39 is 10.0 Å². The first-order valence-electron chi connectivity index (χ1n) is 7.55. The van der Waals surface area contributed by atoms with Crippen LogP contribution in [0.25, 0.3) is 0 Å². The number of amides is 1. The molecule has 0 atom stereocenters. The molecule has 2 aromatic carbocycles. The maximum atomic E-state index is 12.0. The van der Waals surface area contributed by atoms with Crippen molar-refractivity contribution in [2.24, 2.45) is 0 Å². The van der Waals surface area contributed by atoms with Gasteiger partial charge in [0.15, 0.2) is 0 Å². The van der Waals surface area contributed by atoms with Gasteiger partial charge in [0, 0.05) is 17.7 Å². The van der Waals surface area contributed by atoms with Crippen LogP contribution in [-0.2, 0) is 10.0 Å². The van der Waals surface area contributed by atoms with Crippen molar-refractivity contribution in [3.8, 4) is 11.8 Å². The van der Waals surface area contributed by atoms with Crippen LogP contribution in [0.3, 0.4) is 0 Å². The van der Waals surface area contributed by atoms with Crippen molar-refractivity contribution in [3.63, 3.8) is 0 Å². The van der Waals surface area contributed by atoms with Crippen LogP contribution in [0.2, 0.25) is 0 Å². The molecule has 0 aliphatic heterocycles. The van der Waals surface area contributed by atoms with Gasteiger partial charge in [0.2, 0.25) is 10.0 Å². The average Bonchev–Trinajstić information content (AvgIpc) is 2.64. The van der Waals surface area contributed by atoms with E-state index in [4.69, 9.17) is 0 Å². The SMILES string of the molecule is C=CCNS(=O)(=O)c1ccc(C(=O)NCC#Cc2ccccc2)cc1. The number of rotatable bonds is 6. The number of hydrogen-bond donors (Lipinski definition) is 2. The van der Waals surface area contributed by atoms with Crippen molar-refractivity contribution in [1.29, 1.82) is 0 Å². The minimum Gasteiger partial charge on any atom is -0.341 e. The standard InChI is InChI=1S/C19H18N2O3S/c1-2-14-21-25(23,24)18-12-10-17(11-13-18)19(22)20-15-6-9-16-7-4-3-5-8-16/h2-5,7-8,10-13,21H,1,14-15H2,(H,20,22). The molecule has 128 valence electrons. The van der Waals surface area contributed by atoms with Crippen LogP contribution in [0.1, 0.15) is 15.9 Å². The summed E-state index contributed by atoms with van der Waals surface area (Å²) in [4.78, 5) is 12.1. The van der Waals surface area contributed by atoms with Gasteiger partial charge in [0.25, 0.3) is 5.91 Å². The van der Waals surface area contributed by atoms with Crippen molar-refractivity contribution in [2.75, 3.05) is 13.1 Å². The van der Waals surface area contributed by atoms with E-state index >= 15 is 0 Å². The quantitative estimate of drug-likeness (QED) is 0.615. The minimum atomic E-state index is -3.59. The Balaban J connectivity index is 1.94. The smallest absolute Gasteiger partial charge is 0.252 e. The molecule has 6 heteroatoms. The van der Waals surface area contributed by atoms with Crippen molar-refractivity contribution >= 4 is 15.9 Å². The molecule has 2 N–H and O–H groups in total. The Morgan fingerprint density at radius 1 is 1.08 bits per heavy atom. The zero-order valence-electron chi connectivity index (χ0n) is 13.5. The molecule has 0 aromatic heterocycles. The molecule has 0 heterocycles. The van der Waals surface area contributed by atoms with E-state index in [1.165, 1.54) is 30.3 Å². The molecule has 0 spiro atoms. The fraction of sp³-hybridized carbons (Fsp3) is 0.105. The molecule has 0 fully saturated rings. The zero-order valence-corrected chi connectivity index (χ0v) is 14.3. The number of benzene rings is 2. The van der Waals surface area contributed by atoms with Crippen LogP contribution in [0, 0.1) is 11.8 Å². The van der Waals surface area contributed by atoms with Gasteiger partial charge in [-0.2, -0.15) is 0 Å². The van der Waals surface area contributed by atoms with Crippen LogP contribution < -0.4 is 10.0 Å². The Labute approximate surface area is 147 Å². The molecule has 2 aromatic rings. The fourth-order valence-corrected chi connectivity index (χ4v) is 2.93. The van der Waals surface area contributed by atoms with Crippen LogP contribution in [0.4, 0.5) is 0 Å². The van der Waals surface area contributed by atoms with Gasteiger partial charge in [0.1, 0.15) is 0 Å². The first kappa shape index (κ1) is 18.5. The number of nitrogens with one attached hydrogen (secondary N) is 2. The Morgan fingerprint density at radius 3 is 2.40 bits per heavy atom. The molecule has 0 bridgehead atoms. The molecular weight excluding hydrogens is 336 g/mol.